The van der Waals surface area contributed by atoms with Crippen LogP contribution in [0.15, 0.2) is 48.7 Å². The van der Waals surface area contributed by atoms with Crippen molar-refractivity contribution in [1.82, 2.24) is 4.98 Å². The maximum atomic E-state index is 14.4. The minimum atomic E-state index is -0.422. The van der Waals surface area contributed by atoms with Gasteiger partial charge in [0.25, 0.3) is 0 Å². The number of ether oxygens (including phenoxy) is 1. The van der Waals surface area contributed by atoms with Crippen LogP contribution < -0.4 is 4.74 Å². The van der Waals surface area contributed by atoms with E-state index in [2.05, 4.69) is 4.98 Å². The van der Waals surface area contributed by atoms with E-state index in [1.165, 1.54) is 31.5 Å². The molecule has 2 aromatic carbocycles. The summed E-state index contributed by atoms with van der Waals surface area (Å²) in [6, 6.07) is 11.2. The number of aliphatic hydroxyl groups is 1. The zero-order valence-electron chi connectivity index (χ0n) is 14.0. The molecule has 26 heavy (non-hydrogen) atoms. The summed E-state index contributed by atoms with van der Waals surface area (Å²) in [5, 5.41) is 19.5. The fourth-order valence-corrected chi connectivity index (χ4v) is 3.00. The summed E-state index contributed by atoms with van der Waals surface area (Å²) >= 11 is 6.03. The SMILES string of the molecule is COc1ccc(-c2cc(O)cnc2CCO)cc1-c1cc(Cl)ccc1F. The quantitative estimate of drug-likeness (QED) is 0.693. The van der Waals surface area contributed by atoms with Crippen molar-refractivity contribution in [3.63, 3.8) is 0 Å². The molecule has 1 heterocycles. The van der Waals surface area contributed by atoms with Crippen LogP contribution in [0.1, 0.15) is 5.69 Å². The zero-order chi connectivity index (χ0) is 18.7. The van der Waals surface area contributed by atoms with E-state index in [0.717, 1.165) is 0 Å². The first-order valence-electron chi connectivity index (χ1n) is 7.96. The second-order valence-electron chi connectivity index (χ2n) is 5.70. The number of hydrogen-bond acceptors (Lipinski definition) is 4. The van der Waals surface area contributed by atoms with E-state index in [1.807, 2.05) is 0 Å². The number of rotatable bonds is 5. The smallest absolute Gasteiger partial charge is 0.134 e. The van der Waals surface area contributed by atoms with Gasteiger partial charge >= 0.3 is 0 Å². The Balaban J connectivity index is 2.21. The van der Waals surface area contributed by atoms with E-state index in [9.17, 15) is 14.6 Å². The van der Waals surface area contributed by atoms with Gasteiger partial charge in [-0.25, -0.2) is 4.39 Å². The largest absolute Gasteiger partial charge is 0.506 e. The summed E-state index contributed by atoms with van der Waals surface area (Å²) in [5.74, 6) is 0.0780. The molecule has 3 rings (SSSR count). The van der Waals surface area contributed by atoms with Crippen molar-refractivity contribution in [2.75, 3.05) is 13.7 Å². The number of aromatic hydroxyl groups is 1. The molecule has 0 aliphatic heterocycles. The third-order valence-corrected chi connectivity index (χ3v) is 4.27. The average Bonchev–Trinajstić information content (AvgIpc) is 2.65. The van der Waals surface area contributed by atoms with Gasteiger partial charge in [0, 0.05) is 34.7 Å². The van der Waals surface area contributed by atoms with E-state index in [-0.39, 0.29) is 12.4 Å². The van der Waals surface area contributed by atoms with Crippen LogP contribution in [0.4, 0.5) is 4.39 Å². The second-order valence-corrected chi connectivity index (χ2v) is 6.14. The molecule has 3 aromatic rings. The van der Waals surface area contributed by atoms with E-state index in [4.69, 9.17) is 16.3 Å². The predicted molar refractivity (Wildman–Crippen MR) is 99.1 cm³/mol. The molecule has 0 saturated carbocycles. The summed E-state index contributed by atoms with van der Waals surface area (Å²) in [5.41, 5.74) is 2.85. The van der Waals surface area contributed by atoms with E-state index in [1.54, 1.807) is 24.3 Å². The average molecular weight is 374 g/mol. The highest BCUT2D eigenvalue weighted by Crippen LogP contribution is 2.37. The van der Waals surface area contributed by atoms with Crippen LogP contribution in [0.3, 0.4) is 0 Å². The van der Waals surface area contributed by atoms with Crippen LogP contribution in [0.5, 0.6) is 11.5 Å². The van der Waals surface area contributed by atoms with Gasteiger partial charge in [-0.05, 0) is 42.0 Å². The van der Waals surface area contributed by atoms with Gasteiger partial charge in [0.2, 0.25) is 0 Å². The normalized spacial score (nSPS) is 10.8. The minimum Gasteiger partial charge on any atom is -0.506 e. The molecule has 0 spiro atoms. The molecule has 0 aliphatic carbocycles. The summed E-state index contributed by atoms with van der Waals surface area (Å²) in [6.07, 6.45) is 1.66. The standard InChI is InChI=1S/C20H17ClFNO3/c1-26-20-5-2-12(15-10-14(25)11-23-19(15)6-7-24)8-17(20)16-9-13(21)3-4-18(16)22/h2-5,8-11,24-25H,6-7H2,1H3. The molecular formula is C20H17ClFNO3. The molecular weight excluding hydrogens is 357 g/mol. The maximum absolute atomic E-state index is 14.4. The molecule has 4 nitrogen and oxygen atoms in total. The number of nitrogens with zero attached hydrogens (tertiary/aromatic N) is 1. The van der Waals surface area contributed by atoms with Crippen LogP contribution >= 0.6 is 11.6 Å². The Morgan fingerprint density at radius 1 is 1.08 bits per heavy atom. The highest BCUT2D eigenvalue weighted by molar-refractivity contribution is 6.30. The lowest BCUT2D eigenvalue weighted by Crippen LogP contribution is -1.98. The number of methoxy groups -OCH3 is 1. The van der Waals surface area contributed by atoms with Crippen molar-refractivity contribution < 1.29 is 19.3 Å². The van der Waals surface area contributed by atoms with Gasteiger partial charge in [-0.3, -0.25) is 4.98 Å². The Morgan fingerprint density at radius 3 is 2.62 bits per heavy atom. The third kappa shape index (κ3) is 3.64. The Labute approximate surface area is 155 Å². The Kier molecular flexibility index (Phi) is 5.40. The Morgan fingerprint density at radius 2 is 1.88 bits per heavy atom. The number of aromatic nitrogens is 1. The number of pyridine rings is 1. The fraction of sp³-hybridized carbons (Fsp3) is 0.150. The van der Waals surface area contributed by atoms with Crippen molar-refractivity contribution in [2.45, 2.75) is 6.42 Å². The number of halogens is 2. The molecule has 0 saturated heterocycles. The van der Waals surface area contributed by atoms with Crippen LogP contribution in [0.25, 0.3) is 22.3 Å². The first-order valence-corrected chi connectivity index (χ1v) is 8.34. The maximum Gasteiger partial charge on any atom is 0.134 e. The van der Waals surface area contributed by atoms with Gasteiger partial charge in [-0.2, -0.15) is 0 Å². The van der Waals surface area contributed by atoms with Gasteiger partial charge in [0.05, 0.1) is 19.0 Å². The predicted octanol–water partition coefficient (Wildman–Crippen LogP) is 4.46. The van der Waals surface area contributed by atoms with E-state index >= 15 is 0 Å². The first-order chi connectivity index (χ1) is 12.5. The van der Waals surface area contributed by atoms with E-state index in [0.29, 0.717) is 45.1 Å². The molecule has 0 atom stereocenters. The third-order valence-electron chi connectivity index (χ3n) is 4.03. The minimum absolute atomic E-state index is 0.00740. The lowest BCUT2D eigenvalue weighted by atomic mass is 9.96. The summed E-state index contributed by atoms with van der Waals surface area (Å²) in [6.45, 7) is -0.0727. The van der Waals surface area contributed by atoms with Crippen LogP contribution in [-0.4, -0.2) is 28.9 Å². The van der Waals surface area contributed by atoms with Crippen molar-refractivity contribution in [2.24, 2.45) is 0 Å². The molecule has 0 amide bonds. The van der Waals surface area contributed by atoms with Crippen LogP contribution in [-0.2, 0) is 6.42 Å². The molecule has 0 unspecified atom stereocenters. The van der Waals surface area contributed by atoms with Crippen LogP contribution in [0.2, 0.25) is 5.02 Å². The Hall–Kier alpha value is -2.63. The van der Waals surface area contributed by atoms with Gasteiger partial charge in [-0.1, -0.05) is 17.7 Å². The number of benzene rings is 2. The highest BCUT2D eigenvalue weighted by Gasteiger charge is 2.15. The van der Waals surface area contributed by atoms with E-state index < -0.39 is 5.82 Å². The Bertz CT molecular complexity index is 946. The molecule has 0 aliphatic rings. The fourth-order valence-electron chi connectivity index (χ4n) is 2.83. The second kappa shape index (κ2) is 7.72. The number of aliphatic hydroxyl groups excluding tert-OH is 1. The molecule has 0 bridgehead atoms. The molecule has 6 heteroatoms. The lowest BCUT2D eigenvalue weighted by Gasteiger charge is -2.14. The molecule has 0 fully saturated rings. The summed E-state index contributed by atoms with van der Waals surface area (Å²) < 4.78 is 19.7. The molecule has 1 aromatic heterocycles. The van der Waals surface area contributed by atoms with Gasteiger partial charge in [0.15, 0.2) is 0 Å². The zero-order valence-corrected chi connectivity index (χ0v) is 14.8. The van der Waals surface area contributed by atoms with Crippen molar-refractivity contribution in [1.29, 1.82) is 0 Å². The van der Waals surface area contributed by atoms with Gasteiger partial charge in [0.1, 0.15) is 17.3 Å². The highest BCUT2D eigenvalue weighted by atomic mass is 35.5. The number of hydrogen-bond donors (Lipinski definition) is 2. The lowest BCUT2D eigenvalue weighted by molar-refractivity contribution is 0.298. The van der Waals surface area contributed by atoms with Gasteiger partial charge < -0.3 is 14.9 Å². The van der Waals surface area contributed by atoms with Crippen molar-refractivity contribution in [3.8, 4) is 33.8 Å². The topological polar surface area (TPSA) is 62.6 Å². The monoisotopic (exact) mass is 373 g/mol. The molecule has 134 valence electrons. The molecule has 2 N–H and O–H groups in total. The van der Waals surface area contributed by atoms with Crippen molar-refractivity contribution >= 4 is 11.6 Å². The van der Waals surface area contributed by atoms with Crippen molar-refractivity contribution in [3.05, 3.63) is 65.2 Å². The van der Waals surface area contributed by atoms with Gasteiger partial charge in [-0.15, -0.1) is 0 Å². The molecule has 0 radical (unpaired) electrons. The van der Waals surface area contributed by atoms with Crippen LogP contribution in [0, 0.1) is 5.82 Å². The summed E-state index contributed by atoms with van der Waals surface area (Å²) in [7, 11) is 1.51. The first kappa shape index (κ1) is 18.2. The summed E-state index contributed by atoms with van der Waals surface area (Å²) in [4.78, 5) is 4.18.